The molecule has 106 valence electrons. The molecule has 2 aromatic rings. The second-order valence-electron chi connectivity index (χ2n) is 4.16. The molecule has 0 spiro atoms. The molecular weight excluding hydrogens is 292 g/mol. The minimum Gasteiger partial charge on any atom is -0.497 e. The van der Waals surface area contributed by atoms with Crippen molar-refractivity contribution in [3.05, 3.63) is 54.6 Å². The molecule has 0 atom stereocenters. The van der Waals surface area contributed by atoms with Crippen LogP contribution in [0.25, 0.3) is 0 Å². The minimum absolute atomic E-state index is 0.124. The summed E-state index contributed by atoms with van der Waals surface area (Å²) in [6.45, 7) is 0. The van der Waals surface area contributed by atoms with Crippen LogP contribution in [0, 0.1) is 0 Å². The molecule has 0 fully saturated rings. The molecule has 0 unspecified atom stereocenters. The number of ether oxygens (including phenoxy) is 1. The van der Waals surface area contributed by atoms with Crippen molar-refractivity contribution in [2.75, 3.05) is 18.6 Å². The molecule has 0 aliphatic carbocycles. The fraction of sp³-hybridized carbons (Fsp3) is 0.200. The molecule has 2 rings (SSSR count). The van der Waals surface area contributed by atoms with Crippen molar-refractivity contribution in [1.82, 2.24) is 0 Å². The largest absolute Gasteiger partial charge is 0.497 e. The van der Waals surface area contributed by atoms with Gasteiger partial charge >= 0.3 is 0 Å². The topological polar surface area (TPSA) is 43.4 Å². The highest BCUT2D eigenvalue weighted by Gasteiger charge is 2.13. The normalized spacial score (nSPS) is 11.2. The molecule has 0 aromatic heterocycles. The molecule has 0 aliphatic heterocycles. The van der Waals surface area contributed by atoms with Gasteiger partial charge in [-0.1, -0.05) is 24.3 Å². The van der Waals surface area contributed by atoms with Gasteiger partial charge in [-0.2, -0.15) is 0 Å². The predicted octanol–water partition coefficient (Wildman–Crippen LogP) is 3.26. The SMILES string of the molecule is COc1cccc(SCCS(=O)(=O)c2ccccc2)c1. The van der Waals surface area contributed by atoms with E-state index in [1.54, 1.807) is 31.4 Å². The van der Waals surface area contributed by atoms with Crippen LogP contribution >= 0.6 is 11.8 Å². The highest BCUT2D eigenvalue weighted by atomic mass is 32.2. The first-order chi connectivity index (χ1) is 9.62. The smallest absolute Gasteiger partial charge is 0.179 e. The van der Waals surface area contributed by atoms with E-state index in [0.717, 1.165) is 10.6 Å². The van der Waals surface area contributed by atoms with Gasteiger partial charge in [-0.15, -0.1) is 11.8 Å². The molecule has 0 saturated heterocycles. The number of benzene rings is 2. The van der Waals surface area contributed by atoms with Gasteiger partial charge in [-0.25, -0.2) is 8.42 Å². The first kappa shape index (κ1) is 14.9. The van der Waals surface area contributed by atoms with Gasteiger partial charge in [0.05, 0.1) is 17.8 Å². The summed E-state index contributed by atoms with van der Waals surface area (Å²) in [7, 11) is -1.58. The van der Waals surface area contributed by atoms with Crippen molar-refractivity contribution in [1.29, 1.82) is 0 Å². The van der Waals surface area contributed by atoms with E-state index in [0.29, 0.717) is 10.6 Å². The van der Waals surface area contributed by atoms with Crippen molar-refractivity contribution >= 4 is 21.6 Å². The number of sulfone groups is 1. The Bertz CT molecular complexity index is 652. The molecule has 0 amide bonds. The van der Waals surface area contributed by atoms with E-state index in [2.05, 4.69) is 0 Å². The Labute approximate surface area is 123 Å². The fourth-order valence-electron chi connectivity index (χ4n) is 1.71. The van der Waals surface area contributed by atoms with E-state index in [1.807, 2.05) is 30.3 Å². The molecule has 0 radical (unpaired) electrons. The average Bonchev–Trinajstić information content (AvgIpc) is 2.48. The van der Waals surface area contributed by atoms with Crippen molar-refractivity contribution in [3.63, 3.8) is 0 Å². The molecule has 0 N–H and O–H groups in total. The second-order valence-corrected chi connectivity index (χ2v) is 7.44. The van der Waals surface area contributed by atoms with Crippen LogP contribution in [0.15, 0.2) is 64.4 Å². The zero-order valence-corrected chi connectivity index (χ0v) is 12.8. The van der Waals surface area contributed by atoms with Gasteiger partial charge < -0.3 is 4.74 Å². The Hall–Kier alpha value is -1.46. The molecule has 0 saturated carbocycles. The first-order valence-electron chi connectivity index (χ1n) is 6.16. The van der Waals surface area contributed by atoms with Gasteiger partial charge in [0, 0.05) is 10.6 Å². The van der Waals surface area contributed by atoms with Gasteiger partial charge in [0.2, 0.25) is 0 Å². The number of hydrogen-bond donors (Lipinski definition) is 0. The Morgan fingerprint density at radius 3 is 2.50 bits per heavy atom. The van der Waals surface area contributed by atoms with Crippen LogP contribution in [-0.2, 0) is 9.84 Å². The molecule has 3 nitrogen and oxygen atoms in total. The Balaban J connectivity index is 1.95. The number of hydrogen-bond acceptors (Lipinski definition) is 4. The van der Waals surface area contributed by atoms with E-state index in [9.17, 15) is 8.42 Å². The zero-order valence-electron chi connectivity index (χ0n) is 11.2. The Kier molecular flexibility index (Phi) is 5.09. The van der Waals surface area contributed by atoms with Gasteiger partial charge in [0.1, 0.15) is 5.75 Å². The van der Waals surface area contributed by atoms with Crippen molar-refractivity contribution in [2.24, 2.45) is 0 Å². The maximum Gasteiger partial charge on any atom is 0.179 e. The lowest BCUT2D eigenvalue weighted by molar-refractivity contribution is 0.413. The number of rotatable bonds is 6. The lowest BCUT2D eigenvalue weighted by Crippen LogP contribution is -2.08. The molecule has 0 aliphatic rings. The third-order valence-corrected chi connectivity index (χ3v) is 5.75. The average molecular weight is 308 g/mol. The van der Waals surface area contributed by atoms with Crippen LogP contribution < -0.4 is 4.74 Å². The second kappa shape index (κ2) is 6.81. The fourth-order valence-corrected chi connectivity index (χ4v) is 4.33. The van der Waals surface area contributed by atoms with Crippen LogP contribution in [0.3, 0.4) is 0 Å². The van der Waals surface area contributed by atoms with Crippen molar-refractivity contribution in [3.8, 4) is 5.75 Å². The van der Waals surface area contributed by atoms with E-state index >= 15 is 0 Å². The number of methoxy groups -OCH3 is 1. The van der Waals surface area contributed by atoms with Crippen molar-refractivity contribution < 1.29 is 13.2 Å². The third-order valence-electron chi connectivity index (χ3n) is 2.76. The van der Waals surface area contributed by atoms with Crippen LogP contribution in [0.5, 0.6) is 5.75 Å². The van der Waals surface area contributed by atoms with Gasteiger partial charge in [0.25, 0.3) is 0 Å². The summed E-state index contributed by atoms with van der Waals surface area (Å²) < 4.78 is 29.4. The van der Waals surface area contributed by atoms with Crippen LogP contribution in [0.4, 0.5) is 0 Å². The van der Waals surface area contributed by atoms with Crippen molar-refractivity contribution in [2.45, 2.75) is 9.79 Å². The van der Waals surface area contributed by atoms with Gasteiger partial charge in [0.15, 0.2) is 9.84 Å². The zero-order chi connectivity index (χ0) is 14.4. The molecule has 2 aromatic carbocycles. The van der Waals surface area contributed by atoms with Crippen LogP contribution in [0.1, 0.15) is 0 Å². The van der Waals surface area contributed by atoms with E-state index in [-0.39, 0.29) is 5.75 Å². The summed E-state index contributed by atoms with van der Waals surface area (Å²) in [6, 6.07) is 16.2. The van der Waals surface area contributed by atoms with E-state index in [1.165, 1.54) is 11.8 Å². The Morgan fingerprint density at radius 2 is 1.80 bits per heavy atom. The summed E-state index contributed by atoms with van der Waals surface area (Å²) in [5.74, 6) is 1.42. The Morgan fingerprint density at radius 1 is 1.05 bits per heavy atom. The van der Waals surface area contributed by atoms with Crippen LogP contribution in [-0.4, -0.2) is 27.0 Å². The van der Waals surface area contributed by atoms with Gasteiger partial charge in [-0.3, -0.25) is 0 Å². The monoisotopic (exact) mass is 308 g/mol. The van der Waals surface area contributed by atoms with E-state index in [4.69, 9.17) is 4.74 Å². The standard InChI is InChI=1S/C15H16O3S2/c1-18-13-6-5-7-14(12-13)19-10-11-20(16,17)15-8-3-2-4-9-15/h2-9,12H,10-11H2,1H3. The quantitative estimate of drug-likeness (QED) is 0.768. The summed E-state index contributed by atoms with van der Waals surface area (Å²) in [6.07, 6.45) is 0. The number of thioether (sulfide) groups is 1. The first-order valence-corrected chi connectivity index (χ1v) is 8.80. The van der Waals surface area contributed by atoms with Gasteiger partial charge in [-0.05, 0) is 30.3 Å². The van der Waals surface area contributed by atoms with Crippen LogP contribution in [0.2, 0.25) is 0 Å². The third kappa shape index (κ3) is 4.02. The summed E-state index contributed by atoms with van der Waals surface area (Å²) >= 11 is 1.51. The molecule has 0 bridgehead atoms. The summed E-state index contributed by atoms with van der Waals surface area (Å²) in [4.78, 5) is 1.39. The summed E-state index contributed by atoms with van der Waals surface area (Å²) in [5.41, 5.74) is 0. The lowest BCUT2D eigenvalue weighted by Gasteiger charge is -2.06. The molecular formula is C15H16O3S2. The van der Waals surface area contributed by atoms with E-state index < -0.39 is 9.84 Å². The predicted molar refractivity (Wildman–Crippen MR) is 82.2 cm³/mol. The molecule has 5 heteroatoms. The maximum absolute atomic E-state index is 12.1. The summed E-state index contributed by atoms with van der Waals surface area (Å²) in [5, 5.41) is 0. The molecule has 0 heterocycles. The lowest BCUT2D eigenvalue weighted by atomic mass is 10.3. The molecule has 20 heavy (non-hydrogen) atoms. The highest BCUT2D eigenvalue weighted by Crippen LogP contribution is 2.23. The highest BCUT2D eigenvalue weighted by molar-refractivity contribution is 8.00. The minimum atomic E-state index is -3.20. The maximum atomic E-state index is 12.1.